The molecule has 65 heavy (non-hydrogen) atoms. The summed E-state index contributed by atoms with van der Waals surface area (Å²) in [7, 11) is -1.78. The zero-order valence-electron chi connectivity index (χ0n) is 37.8. The summed E-state index contributed by atoms with van der Waals surface area (Å²) >= 11 is 0. The molecule has 19 heteroatoms. The van der Waals surface area contributed by atoms with Crippen molar-refractivity contribution < 1.29 is 73.2 Å². The Morgan fingerprint density at radius 3 is 1.38 bits per heavy atom. The molecule has 0 unspecified atom stereocenters. The molecule has 0 saturated carbocycles. The highest BCUT2D eigenvalue weighted by Crippen LogP contribution is 2.39. The van der Waals surface area contributed by atoms with Crippen LogP contribution in [0.3, 0.4) is 0 Å². The zero-order chi connectivity index (χ0) is 47.7. The van der Waals surface area contributed by atoms with Gasteiger partial charge in [-0.3, -0.25) is 9.59 Å². The van der Waals surface area contributed by atoms with E-state index >= 15 is 0 Å². The summed E-state index contributed by atoms with van der Waals surface area (Å²) < 4.78 is 115. The maximum Gasteiger partial charge on any atom is 0.471 e. The van der Waals surface area contributed by atoms with E-state index in [0.717, 1.165) is 69.3 Å². The van der Waals surface area contributed by atoms with Crippen molar-refractivity contribution in [2.75, 3.05) is 39.9 Å². The molecule has 0 spiro atoms. The number of halogens is 6. The third-order valence-electron chi connectivity index (χ3n) is 11.5. The predicted molar refractivity (Wildman–Crippen MR) is 230 cm³/mol. The van der Waals surface area contributed by atoms with Gasteiger partial charge in [0.15, 0.2) is 31.3 Å². The summed E-state index contributed by atoms with van der Waals surface area (Å²) in [6, 6.07) is 11.0. The van der Waals surface area contributed by atoms with E-state index in [1.807, 2.05) is 42.7 Å². The molecule has 2 amide bonds. The zero-order valence-corrected chi connectivity index (χ0v) is 38.8. The van der Waals surface area contributed by atoms with Gasteiger partial charge in [0.2, 0.25) is 13.6 Å². The Morgan fingerprint density at radius 1 is 0.631 bits per heavy atom. The first kappa shape index (κ1) is 50.9. The molecule has 2 aliphatic rings. The number of rotatable bonds is 18. The second kappa shape index (κ2) is 21.4. The van der Waals surface area contributed by atoms with E-state index in [1.165, 1.54) is 0 Å². The Balaban J connectivity index is 0.000000250. The van der Waals surface area contributed by atoms with Crippen LogP contribution in [-0.4, -0.2) is 77.5 Å². The smallest absolute Gasteiger partial charge is 0.465 e. The molecule has 0 saturated heterocycles. The van der Waals surface area contributed by atoms with Crippen molar-refractivity contribution in [2.45, 2.75) is 116 Å². The van der Waals surface area contributed by atoms with Crippen molar-refractivity contribution >= 4 is 20.1 Å². The molecular formula is C46H58F6N2O10Si. The quantitative estimate of drug-likeness (QED) is 0.0501. The Hall–Kier alpha value is -5.14. The molecule has 0 atom stereocenters. The minimum Gasteiger partial charge on any atom is -0.465 e. The van der Waals surface area contributed by atoms with Crippen molar-refractivity contribution in [1.29, 1.82) is 0 Å². The summed E-state index contributed by atoms with van der Waals surface area (Å²) in [5.74, 6) is 1.46. The van der Waals surface area contributed by atoms with Crippen LogP contribution in [0.25, 0.3) is 0 Å². The van der Waals surface area contributed by atoms with Gasteiger partial charge in [0, 0.05) is 52.0 Å². The van der Waals surface area contributed by atoms with Crippen molar-refractivity contribution in [2.24, 2.45) is 0 Å². The molecule has 0 aliphatic carbocycles. The third kappa shape index (κ3) is 14.2. The summed E-state index contributed by atoms with van der Waals surface area (Å²) in [6.45, 7) is 15.6. The number of benzene rings is 2. The number of ether oxygens (including phenoxy) is 4. The molecule has 0 radical (unpaired) electrons. The third-order valence-corrected chi connectivity index (χ3v) is 16.1. The Kier molecular flexibility index (Phi) is 16.8. The SMILES string of the molecule is Cc1cc(CCCO)oc1Cc1cc2c(cc1CCNC(=O)C(F)(F)F)OCO2.Cc1cc(CCCO[Si](C)(C)C(C)(C)C)oc1Cc1cc2c(cc1CCNC(=O)C(F)(F)F)OCO2. The maximum atomic E-state index is 12.5. The van der Waals surface area contributed by atoms with Gasteiger partial charge in [0.05, 0.1) is 0 Å². The number of hydrogen-bond acceptors (Lipinski definition) is 10. The summed E-state index contributed by atoms with van der Waals surface area (Å²) in [4.78, 5) is 22.2. The van der Waals surface area contributed by atoms with Gasteiger partial charge in [0.25, 0.3) is 0 Å². The molecule has 358 valence electrons. The number of hydrogen-bond donors (Lipinski definition) is 3. The van der Waals surface area contributed by atoms with Crippen LogP contribution in [0.4, 0.5) is 26.3 Å². The normalized spacial score (nSPS) is 13.4. The molecule has 3 N–H and O–H groups in total. The lowest BCUT2D eigenvalue weighted by Crippen LogP contribution is -2.41. The minimum atomic E-state index is -4.91. The number of amides is 2. The molecular weight excluding hydrogens is 883 g/mol. The van der Waals surface area contributed by atoms with Crippen molar-refractivity contribution in [3.05, 3.63) is 92.8 Å². The van der Waals surface area contributed by atoms with Gasteiger partial charge in [-0.25, -0.2) is 0 Å². The number of alkyl halides is 6. The summed E-state index contributed by atoms with van der Waals surface area (Å²) in [5, 5.41) is 12.9. The fourth-order valence-electron chi connectivity index (χ4n) is 6.84. The highest BCUT2D eigenvalue weighted by Gasteiger charge is 2.39. The number of fused-ring (bicyclic) bond motifs is 2. The average Bonchev–Trinajstić information content (AvgIpc) is 4.02. The van der Waals surface area contributed by atoms with E-state index in [2.05, 4.69) is 33.9 Å². The molecule has 2 aromatic heterocycles. The van der Waals surface area contributed by atoms with Gasteiger partial charge in [-0.15, -0.1) is 0 Å². The molecule has 4 heterocycles. The van der Waals surface area contributed by atoms with Crippen molar-refractivity contribution in [3.63, 3.8) is 0 Å². The summed E-state index contributed by atoms with van der Waals surface area (Å²) in [6.07, 6.45) is -5.70. The van der Waals surface area contributed by atoms with Crippen LogP contribution in [0.2, 0.25) is 18.1 Å². The monoisotopic (exact) mass is 940 g/mol. The highest BCUT2D eigenvalue weighted by molar-refractivity contribution is 6.74. The molecule has 2 aliphatic heterocycles. The second-order valence-electron chi connectivity index (χ2n) is 17.5. The Morgan fingerprint density at radius 2 is 1.02 bits per heavy atom. The molecule has 4 aromatic rings. The lowest BCUT2D eigenvalue weighted by molar-refractivity contribution is -0.173. The lowest BCUT2D eigenvalue weighted by Gasteiger charge is -2.36. The first-order valence-electron chi connectivity index (χ1n) is 21.4. The van der Waals surface area contributed by atoms with Crippen LogP contribution in [0.15, 0.2) is 45.2 Å². The average molecular weight is 941 g/mol. The number of aryl methyl sites for hydroxylation is 4. The van der Waals surface area contributed by atoms with Gasteiger partial charge in [-0.05, 0) is 127 Å². The largest absolute Gasteiger partial charge is 0.471 e. The number of aliphatic hydroxyl groups is 1. The number of carbonyl (C=O) groups excluding carboxylic acids is 2. The first-order valence-corrected chi connectivity index (χ1v) is 24.3. The van der Waals surface area contributed by atoms with Gasteiger partial charge in [-0.2, -0.15) is 26.3 Å². The van der Waals surface area contributed by atoms with Crippen molar-refractivity contribution in [3.8, 4) is 23.0 Å². The van der Waals surface area contributed by atoms with Crippen LogP contribution in [0.1, 0.15) is 90.0 Å². The Labute approximate surface area is 375 Å². The van der Waals surface area contributed by atoms with E-state index < -0.39 is 32.5 Å². The number of aliphatic hydroxyl groups excluding tert-OH is 1. The number of nitrogens with one attached hydrogen (secondary N) is 2. The van der Waals surface area contributed by atoms with E-state index in [1.54, 1.807) is 18.2 Å². The van der Waals surface area contributed by atoms with Gasteiger partial charge in [-0.1, -0.05) is 20.8 Å². The van der Waals surface area contributed by atoms with Crippen LogP contribution >= 0.6 is 0 Å². The van der Waals surface area contributed by atoms with Crippen LogP contribution in [0.5, 0.6) is 23.0 Å². The number of carbonyl (C=O) groups is 2. The highest BCUT2D eigenvalue weighted by atomic mass is 28.4. The molecule has 12 nitrogen and oxygen atoms in total. The molecule has 2 aromatic carbocycles. The fraction of sp³-hybridized carbons (Fsp3) is 0.522. The van der Waals surface area contributed by atoms with Crippen LogP contribution in [-0.2, 0) is 52.5 Å². The van der Waals surface area contributed by atoms with E-state index in [0.29, 0.717) is 55.3 Å². The fourth-order valence-corrected chi connectivity index (χ4v) is 7.92. The maximum absolute atomic E-state index is 12.5. The van der Waals surface area contributed by atoms with Gasteiger partial charge in [0.1, 0.15) is 23.0 Å². The molecule has 0 fully saturated rings. The molecule has 0 bridgehead atoms. The minimum absolute atomic E-state index is 0.0744. The van der Waals surface area contributed by atoms with E-state index in [9.17, 15) is 35.9 Å². The molecule has 6 rings (SSSR count). The topological polar surface area (TPSA) is 151 Å². The first-order chi connectivity index (χ1) is 30.4. The van der Waals surface area contributed by atoms with Crippen LogP contribution in [0, 0.1) is 13.8 Å². The van der Waals surface area contributed by atoms with Gasteiger partial charge >= 0.3 is 24.2 Å². The number of furan rings is 2. The Bertz CT molecular complexity index is 2260. The summed E-state index contributed by atoms with van der Waals surface area (Å²) in [5.41, 5.74) is 5.13. The van der Waals surface area contributed by atoms with Crippen molar-refractivity contribution in [1.82, 2.24) is 10.6 Å². The predicted octanol–water partition coefficient (Wildman–Crippen LogP) is 9.14. The van der Waals surface area contributed by atoms with Crippen LogP contribution < -0.4 is 29.6 Å². The van der Waals surface area contributed by atoms with E-state index in [4.69, 9.17) is 37.3 Å². The second-order valence-corrected chi connectivity index (χ2v) is 22.3. The van der Waals surface area contributed by atoms with Gasteiger partial charge < -0.3 is 47.9 Å². The standard InChI is InChI=1S/C26H36F3NO5Si.C20H22F3NO5/c1-17-12-20(8-7-11-34-36(5,6)25(2,3)4)35-21(17)14-19-15-23-22(32-16-33-23)13-18(19)9-10-30-24(31)26(27,28)29;1-12-7-15(3-2-6-25)29-16(12)9-14-10-18-17(27-11-28-18)8-13(14)4-5-24-19(26)20(21,22)23/h12-13,15H,7-11,14,16H2,1-6H3,(H,30,31);7-8,10,25H,2-6,9,11H2,1H3,(H,24,26). The lowest BCUT2D eigenvalue weighted by atomic mass is 9.98. The van der Waals surface area contributed by atoms with E-state index in [-0.39, 0.29) is 51.2 Å².